The number of hydrogen-bond donors (Lipinski definition) is 0. The minimum atomic E-state index is -0.154. The topological polar surface area (TPSA) is 37.4 Å². The van der Waals surface area contributed by atoms with Gasteiger partial charge in [-0.25, -0.2) is 0 Å². The van der Waals surface area contributed by atoms with E-state index >= 15 is 0 Å². The Balaban J connectivity index is 4.55. The van der Waals surface area contributed by atoms with E-state index in [0.717, 1.165) is 0 Å². The number of carbonyl (C=O) groups is 2. The average Bonchev–Trinajstić information content (AvgIpc) is 1.95. The maximum absolute atomic E-state index is 11.9. The zero-order valence-corrected chi connectivity index (χ0v) is 12.4. The maximum Gasteiger partial charge on any atom is 0.147 e. The largest absolute Gasteiger partial charge is 0.299 e. The molecule has 0 fully saturated rings. The summed E-state index contributed by atoms with van der Waals surface area (Å²) in [7, 11) is 0. The second kappa shape index (κ2) is 5.76. The van der Waals surface area contributed by atoms with Crippen LogP contribution in [0.25, 0.3) is 0 Å². The third kappa shape index (κ3) is 8.08. The van der Waals surface area contributed by atoms with Gasteiger partial charge in [0, 0.05) is 12.0 Å². The highest BCUT2D eigenvalue weighted by molar-refractivity contribution is 5.83. The molecule has 0 heterocycles. The summed E-state index contributed by atoms with van der Waals surface area (Å²) in [6.45, 7) is 14.5. The average molecular weight is 241 g/mol. The molecule has 0 rings (SSSR count). The molecule has 0 aliphatic carbocycles. The number of nitrogens with zero attached hydrogens (tertiary/aromatic N) is 1. The van der Waals surface area contributed by atoms with Crippen molar-refractivity contribution in [1.29, 1.82) is 0 Å². The maximum atomic E-state index is 11.9. The van der Waals surface area contributed by atoms with Crippen molar-refractivity contribution in [3.63, 3.8) is 0 Å². The van der Waals surface area contributed by atoms with Crippen LogP contribution in [-0.4, -0.2) is 35.1 Å². The van der Waals surface area contributed by atoms with Crippen molar-refractivity contribution in [2.24, 2.45) is 5.41 Å². The van der Waals surface area contributed by atoms with Gasteiger partial charge in [-0.2, -0.15) is 0 Å². The summed E-state index contributed by atoms with van der Waals surface area (Å²) in [5.41, 5.74) is -0.143. The molecule has 0 saturated carbocycles. The van der Waals surface area contributed by atoms with Crippen molar-refractivity contribution in [2.45, 2.75) is 60.4 Å². The fourth-order valence-corrected chi connectivity index (χ4v) is 1.66. The van der Waals surface area contributed by atoms with E-state index in [4.69, 9.17) is 0 Å². The highest BCUT2D eigenvalue weighted by Gasteiger charge is 2.26. The second-order valence-corrected chi connectivity index (χ2v) is 7.01. The first-order valence-electron chi connectivity index (χ1n) is 6.18. The molecular formula is C14H27NO2. The molecule has 0 aliphatic heterocycles. The van der Waals surface area contributed by atoms with Gasteiger partial charge in [0.2, 0.25) is 0 Å². The molecule has 0 aromatic carbocycles. The van der Waals surface area contributed by atoms with E-state index in [1.165, 1.54) is 0 Å². The van der Waals surface area contributed by atoms with Crippen LogP contribution in [0.4, 0.5) is 0 Å². The van der Waals surface area contributed by atoms with Gasteiger partial charge < -0.3 is 0 Å². The Morgan fingerprint density at radius 3 is 1.71 bits per heavy atom. The Morgan fingerprint density at radius 1 is 0.941 bits per heavy atom. The predicted octanol–water partition coefficient (Wildman–Crippen LogP) is 2.68. The summed E-state index contributed by atoms with van der Waals surface area (Å²) in [6, 6.07) is 0. The fourth-order valence-electron chi connectivity index (χ4n) is 1.66. The number of carbonyl (C=O) groups excluding carboxylic acids is 2. The van der Waals surface area contributed by atoms with Crippen LogP contribution in [0.3, 0.4) is 0 Å². The Labute approximate surface area is 106 Å². The molecular weight excluding hydrogens is 214 g/mol. The molecule has 0 amide bonds. The van der Waals surface area contributed by atoms with Gasteiger partial charge in [-0.1, -0.05) is 20.8 Å². The normalized spacial score (nSPS) is 12.9. The number of ketones is 2. The molecule has 17 heavy (non-hydrogen) atoms. The molecule has 0 N–H and O–H groups in total. The van der Waals surface area contributed by atoms with Crippen LogP contribution in [0.1, 0.15) is 54.9 Å². The quantitative estimate of drug-likeness (QED) is 0.742. The van der Waals surface area contributed by atoms with Crippen molar-refractivity contribution in [1.82, 2.24) is 4.90 Å². The van der Waals surface area contributed by atoms with Crippen molar-refractivity contribution < 1.29 is 9.59 Å². The zero-order chi connectivity index (χ0) is 13.9. The lowest BCUT2D eigenvalue weighted by Gasteiger charge is -2.34. The molecule has 3 nitrogen and oxygen atoms in total. The summed E-state index contributed by atoms with van der Waals surface area (Å²) in [4.78, 5) is 25.1. The van der Waals surface area contributed by atoms with E-state index < -0.39 is 0 Å². The lowest BCUT2D eigenvalue weighted by atomic mass is 9.89. The van der Waals surface area contributed by atoms with E-state index in [2.05, 4.69) is 20.8 Å². The van der Waals surface area contributed by atoms with E-state index in [-0.39, 0.29) is 22.5 Å². The minimum absolute atomic E-state index is 0.0108. The van der Waals surface area contributed by atoms with Gasteiger partial charge >= 0.3 is 0 Å². The Morgan fingerprint density at radius 2 is 1.41 bits per heavy atom. The number of Topliss-reactive ketones (excluding diaryl/α,β-unsaturated/α-hetero) is 2. The Kier molecular flexibility index (Phi) is 5.53. The highest BCUT2D eigenvalue weighted by atomic mass is 16.1. The molecule has 0 atom stereocenters. The first-order chi connectivity index (χ1) is 7.42. The Bertz CT molecular complexity index is 282. The van der Waals surface area contributed by atoms with Crippen LogP contribution in [0.15, 0.2) is 0 Å². The van der Waals surface area contributed by atoms with Crippen molar-refractivity contribution in [3.05, 3.63) is 0 Å². The standard InChI is InChI=1S/C14H27NO2/c1-11(16)9-15(14(5,6)7)10-12(17)8-13(2,3)4/h8-10H2,1-7H3. The summed E-state index contributed by atoms with van der Waals surface area (Å²) < 4.78 is 0. The van der Waals surface area contributed by atoms with Crippen LogP contribution in [0, 0.1) is 5.41 Å². The monoisotopic (exact) mass is 241 g/mol. The molecule has 3 heteroatoms. The third-order valence-electron chi connectivity index (χ3n) is 2.46. The highest BCUT2D eigenvalue weighted by Crippen LogP contribution is 2.20. The van der Waals surface area contributed by atoms with Gasteiger partial charge in [-0.3, -0.25) is 14.5 Å². The van der Waals surface area contributed by atoms with Gasteiger partial charge in [-0.05, 0) is 33.1 Å². The van der Waals surface area contributed by atoms with Crippen LogP contribution in [0.5, 0.6) is 0 Å². The molecule has 0 aromatic heterocycles. The first kappa shape index (κ1) is 16.3. The summed E-state index contributed by atoms with van der Waals surface area (Å²) in [5.74, 6) is 0.303. The van der Waals surface area contributed by atoms with Gasteiger partial charge in [0.05, 0.1) is 13.1 Å². The van der Waals surface area contributed by atoms with Crippen LogP contribution >= 0.6 is 0 Å². The van der Waals surface area contributed by atoms with Crippen LogP contribution in [0.2, 0.25) is 0 Å². The van der Waals surface area contributed by atoms with Crippen molar-refractivity contribution >= 4 is 11.6 Å². The molecule has 0 aromatic rings. The van der Waals surface area contributed by atoms with E-state index in [9.17, 15) is 9.59 Å². The molecule has 0 radical (unpaired) electrons. The molecule has 0 spiro atoms. The summed E-state index contributed by atoms with van der Waals surface area (Å²) >= 11 is 0. The number of hydrogen-bond acceptors (Lipinski definition) is 3. The lowest BCUT2D eigenvalue weighted by Crippen LogP contribution is -2.47. The third-order valence-corrected chi connectivity index (χ3v) is 2.46. The number of rotatable bonds is 5. The smallest absolute Gasteiger partial charge is 0.147 e. The first-order valence-corrected chi connectivity index (χ1v) is 6.18. The van der Waals surface area contributed by atoms with E-state index in [0.29, 0.717) is 19.5 Å². The molecule has 0 aliphatic rings. The zero-order valence-electron chi connectivity index (χ0n) is 12.4. The van der Waals surface area contributed by atoms with Crippen LogP contribution < -0.4 is 0 Å². The SMILES string of the molecule is CC(=O)CN(CC(=O)CC(C)(C)C)C(C)(C)C. The fraction of sp³-hybridized carbons (Fsp3) is 0.857. The predicted molar refractivity (Wildman–Crippen MR) is 71.1 cm³/mol. The molecule has 0 bridgehead atoms. The lowest BCUT2D eigenvalue weighted by molar-refractivity contribution is -0.125. The van der Waals surface area contributed by atoms with Crippen molar-refractivity contribution in [3.8, 4) is 0 Å². The van der Waals surface area contributed by atoms with Gasteiger partial charge in [-0.15, -0.1) is 0 Å². The molecule has 0 unspecified atom stereocenters. The van der Waals surface area contributed by atoms with Crippen molar-refractivity contribution in [2.75, 3.05) is 13.1 Å². The van der Waals surface area contributed by atoms with Gasteiger partial charge in [0.1, 0.15) is 11.6 Å². The summed E-state index contributed by atoms with van der Waals surface area (Å²) in [6.07, 6.45) is 0.553. The second-order valence-electron chi connectivity index (χ2n) is 7.01. The minimum Gasteiger partial charge on any atom is -0.299 e. The molecule has 100 valence electrons. The van der Waals surface area contributed by atoms with Gasteiger partial charge in [0.15, 0.2) is 0 Å². The summed E-state index contributed by atoms with van der Waals surface area (Å²) in [5, 5.41) is 0. The van der Waals surface area contributed by atoms with Gasteiger partial charge in [0.25, 0.3) is 0 Å². The van der Waals surface area contributed by atoms with E-state index in [1.54, 1.807) is 6.92 Å². The molecule has 0 saturated heterocycles. The Hall–Kier alpha value is -0.700. The van der Waals surface area contributed by atoms with Crippen LogP contribution in [-0.2, 0) is 9.59 Å². The van der Waals surface area contributed by atoms with E-state index in [1.807, 2.05) is 25.7 Å².